The number of aliphatic hydroxyl groups excluding tert-OH is 2. The molecule has 3 atom stereocenters. The zero-order valence-corrected chi connectivity index (χ0v) is 44.5. The van der Waals surface area contributed by atoms with Crippen molar-refractivity contribution in [1.29, 1.82) is 0 Å². The largest absolute Gasteiger partial charge is 0.462 e. The van der Waals surface area contributed by atoms with Crippen molar-refractivity contribution >= 4 is 11.9 Å². The minimum atomic E-state index is -0.801. The van der Waals surface area contributed by atoms with Crippen LogP contribution in [0.3, 0.4) is 0 Å². The van der Waals surface area contributed by atoms with Gasteiger partial charge in [0.2, 0.25) is 5.91 Å². The maximum Gasteiger partial charge on any atom is 0.306 e. The van der Waals surface area contributed by atoms with Crippen LogP contribution >= 0.6 is 0 Å². The topological polar surface area (TPSA) is 95.9 Å². The summed E-state index contributed by atoms with van der Waals surface area (Å²) >= 11 is 0. The van der Waals surface area contributed by atoms with Gasteiger partial charge in [0.05, 0.1) is 25.2 Å². The van der Waals surface area contributed by atoms with Gasteiger partial charge in [-0.2, -0.15) is 0 Å². The van der Waals surface area contributed by atoms with E-state index >= 15 is 0 Å². The van der Waals surface area contributed by atoms with Gasteiger partial charge >= 0.3 is 5.97 Å². The predicted octanol–water partition coefficient (Wildman–Crippen LogP) is 18.0. The summed E-state index contributed by atoms with van der Waals surface area (Å²) in [6.07, 6.45) is 68.5. The summed E-state index contributed by atoms with van der Waals surface area (Å²) in [5.74, 6) is -0.516. The summed E-state index contributed by atoms with van der Waals surface area (Å²) in [6, 6.07) is -0.717. The zero-order valence-electron chi connectivity index (χ0n) is 44.5. The van der Waals surface area contributed by atoms with E-state index in [0.29, 0.717) is 19.3 Å². The van der Waals surface area contributed by atoms with Crippen LogP contribution in [0, 0.1) is 0 Å². The predicted molar refractivity (Wildman–Crippen MR) is 292 cm³/mol. The van der Waals surface area contributed by atoms with Crippen LogP contribution in [0.1, 0.15) is 290 Å². The van der Waals surface area contributed by atoms with Crippen molar-refractivity contribution in [3.05, 3.63) is 60.8 Å². The molecule has 6 heteroatoms. The Morgan fingerprint density at radius 2 is 0.761 bits per heavy atom. The molecule has 0 aromatic carbocycles. The fourth-order valence-corrected chi connectivity index (χ4v) is 8.72. The molecule has 0 aliphatic heterocycles. The first kappa shape index (κ1) is 64.6. The normalized spacial score (nSPS) is 13.6. The highest BCUT2D eigenvalue weighted by atomic mass is 16.5. The summed E-state index contributed by atoms with van der Waals surface area (Å²) in [5, 5.41) is 23.9. The number of carbonyl (C=O) groups is 2. The number of ether oxygens (including phenoxy) is 1. The van der Waals surface area contributed by atoms with Gasteiger partial charge in [-0.25, -0.2) is 0 Å². The average molecular weight is 939 g/mol. The summed E-state index contributed by atoms with van der Waals surface area (Å²) in [5.41, 5.74) is 0. The molecule has 6 nitrogen and oxygen atoms in total. The molecule has 0 heterocycles. The fourth-order valence-electron chi connectivity index (χ4n) is 8.72. The van der Waals surface area contributed by atoms with Gasteiger partial charge in [-0.3, -0.25) is 9.59 Å². The molecule has 0 aromatic heterocycles. The quantitative estimate of drug-likeness (QED) is 0.0321. The number of nitrogens with one attached hydrogen (secondary N) is 1. The molecule has 0 rings (SSSR count). The Balaban J connectivity index is 4.65. The van der Waals surface area contributed by atoms with E-state index in [1.165, 1.54) is 154 Å². The molecule has 0 aromatic rings. The highest BCUT2D eigenvalue weighted by Crippen LogP contribution is 2.18. The molecule has 390 valence electrons. The molecule has 1 amide bonds. The first-order chi connectivity index (χ1) is 33.0. The van der Waals surface area contributed by atoms with Crippen LogP contribution in [0.2, 0.25) is 0 Å². The van der Waals surface area contributed by atoms with E-state index in [1.54, 1.807) is 0 Å². The van der Waals surface area contributed by atoms with E-state index in [4.69, 9.17) is 4.74 Å². The highest BCUT2D eigenvalue weighted by molar-refractivity contribution is 5.77. The Morgan fingerprint density at radius 1 is 0.433 bits per heavy atom. The van der Waals surface area contributed by atoms with E-state index in [1.807, 2.05) is 0 Å². The monoisotopic (exact) mass is 938 g/mol. The maximum absolute atomic E-state index is 13.3. The fraction of sp³-hybridized carbons (Fsp3) is 0.803. The van der Waals surface area contributed by atoms with Gasteiger partial charge in [-0.15, -0.1) is 0 Å². The smallest absolute Gasteiger partial charge is 0.306 e. The van der Waals surface area contributed by atoms with Crippen LogP contribution in [0.25, 0.3) is 0 Å². The van der Waals surface area contributed by atoms with Crippen molar-refractivity contribution in [3.63, 3.8) is 0 Å². The van der Waals surface area contributed by atoms with Gasteiger partial charge in [0.1, 0.15) is 6.10 Å². The first-order valence-electron chi connectivity index (χ1n) is 29.1. The third kappa shape index (κ3) is 49.8. The van der Waals surface area contributed by atoms with Crippen molar-refractivity contribution in [3.8, 4) is 0 Å². The molecular weight excluding hydrogens is 827 g/mol. The van der Waals surface area contributed by atoms with Gasteiger partial charge in [-0.1, -0.05) is 261 Å². The highest BCUT2D eigenvalue weighted by Gasteiger charge is 2.24. The molecule has 0 saturated heterocycles. The third-order valence-electron chi connectivity index (χ3n) is 13.2. The van der Waals surface area contributed by atoms with E-state index in [2.05, 4.69) is 86.8 Å². The summed E-state index contributed by atoms with van der Waals surface area (Å²) in [6.45, 7) is 6.47. The lowest BCUT2D eigenvalue weighted by atomic mass is 10.0. The SMILES string of the molecule is CCCCCCC/C=C/C=C/C=C/CCCCCCCC(=O)OC(CCCCC/C=C/C=C/CCCCCCCCC)CC(=O)NC(CO)C(O)CCCCCCCCCCCCCCCC. The number of aliphatic hydroxyl groups is 2. The van der Waals surface area contributed by atoms with Crippen molar-refractivity contribution in [1.82, 2.24) is 5.32 Å². The number of rotatable bonds is 52. The molecule has 3 N–H and O–H groups in total. The molecule has 67 heavy (non-hydrogen) atoms. The van der Waals surface area contributed by atoms with Crippen LogP contribution < -0.4 is 5.32 Å². The van der Waals surface area contributed by atoms with Gasteiger partial charge in [0, 0.05) is 6.42 Å². The molecule has 3 unspecified atom stereocenters. The van der Waals surface area contributed by atoms with Crippen LogP contribution in [-0.4, -0.2) is 46.9 Å². The number of amides is 1. The van der Waals surface area contributed by atoms with Crippen LogP contribution in [0.15, 0.2) is 60.8 Å². The van der Waals surface area contributed by atoms with Gasteiger partial charge in [-0.05, 0) is 77.0 Å². The Morgan fingerprint density at radius 3 is 1.16 bits per heavy atom. The molecule has 0 aliphatic rings. The molecular formula is C61H111NO5. The summed E-state index contributed by atoms with van der Waals surface area (Å²) in [7, 11) is 0. The molecule has 0 fully saturated rings. The summed E-state index contributed by atoms with van der Waals surface area (Å²) < 4.78 is 5.94. The van der Waals surface area contributed by atoms with Crippen LogP contribution in [0.5, 0.6) is 0 Å². The van der Waals surface area contributed by atoms with Crippen LogP contribution in [-0.2, 0) is 14.3 Å². The van der Waals surface area contributed by atoms with E-state index < -0.39 is 18.2 Å². The standard InChI is InChI=1S/C61H111NO5/c1-4-7-10-13-16-19-22-25-28-30-31-33-36-39-42-45-48-51-54-61(66)67-57(52-49-46-43-40-37-34-32-29-26-23-20-17-14-11-8-5-2)55-60(65)62-58(56-63)59(64)53-50-47-44-41-38-35-27-24-21-18-15-12-9-6-3/h22,25,28-34,37,57-59,63-64H,4-21,23-24,26-27,35-36,38-56H2,1-3H3,(H,62,65)/b25-22+,30-28+,32-29+,33-31+,37-34+. The molecule has 0 spiro atoms. The van der Waals surface area contributed by atoms with E-state index in [9.17, 15) is 19.8 Å². The Kier molecular flexibility index (Phi) is 52.5. The number of esters is 1. The minimum Gasteiger partial charge on any atom is -0.462 e. The Hall–Kier alpha value is -2.44. The Bertz CT molecular complexity index is 1190. The molecule has 0 bridgehead atoms. The molecule has 0 radical (unpaired) electrons. The van der Waals surface area contributed by atoms with Crippen molar-refractivity contribution < 1.29 is 24.5 Å². The van der Waals surface area contributed by atoms with Crippen molar-refractivity contribution in [2.24, 2.45) is 0 Å². The number of unbranched alkanes of at least 4 members (excludes halogenated alkanes) is 33. The first-order valence-corrected chi connectivity index (χ1v) is 29.1. The maximum atomic E-state index is 13.3. The lowest BCUT2D eigenvalue weighted by molar-refractivity contribution is -0.151. The number of hydrogen-bond donors (Lipinski definition) is 3. The second kappa shape index (κ2) is 54.5. The Labute approximate surface area is 416 Å². The minimum absolute atomic E-state index is 0.0510. The van der Waals surface area contributed by atoms with Gasteiger partial charge < -0.3 is 20.3 Å². The average Bonchev–Trinajstić information content (AvgIpc) is 3.32. The molecule has 0 saturated carbocycles. The van der Waals surface area contributed by atoms with E-state index in [0.717, 1.165) is 89.9 Å². The van der Waals surface area contributed by atoms with Gasteiger partial charge in [0.25, 0.3) is 0 Å². The summed E-state index contributed by atoms with van der Waals surface area (Å²) in [4.78, 5) is 26.3. The van der Waals surface area contributed by atoms with Crippen molar-refractivity contribution in [2.75, 3.05) is 6.61 Å². The number of allylic oxidation sites excluding steroid dienone is 10. The van der Waals surface area contributed by atoms with Gasteiger partial charge in [0.15, 0.2) is 0 Å². The molecule has 0 aliphatic carbocycles. The van der Waals surface area contributed by atoms with E-state index in [-0.39, 0.29) is 24.9 Å². The second-order valence-electron chi connectivity index (χ2n) is 19.8. The second-order valence-corrected chi connectivity index (χ2v) is 19.8. The zero-order chi connectivity index (χ0) is 48.8. The number of hydrogen-bond acceptors (Lipinski definition) is 5. The number of carbonyl (C=O) groups excluding carboxylic acids is 2. The van der Waals surface area contributed by atoms with Crippen LogP contribution in [0.4, 0.5) is 0 Å². The van der Waals surface area contributed by atoms with Crippen molar-refractivity contribution in [2.45, 2.75) is 309 Å². The lowest BCUT2D eigenvalue weighted by Gasteiger charge is -2.24. The lowest BCUT2D eigenvalue weighted by Crippen LogP contribution is -2.46. The third-order valence-corrected chi connectivity index (χ3v) is 13.2.